The number of para-hydroxylation sites is 1. The number of amides is 2. The minimum absolute atomic E-state index is 0.0330. The Morgan fingerprint density at radius 2 is 1.57 bits per heavy atom. The van der Waals surface area contributed by atoms with Crippen molar-refractivity contribution in [2.24, 2.45) is 10.3 Å². The smallest absolute Gasteiger partial charge is 0.339 e. The van der Waals surface area contributed by atoms with Crippen LogP contribution in [0, 0.1) is 0 Å². The molecule has 7 heteroatoms. The highest BCUT2D eigenvalue weighted by Crippen LogP contribution is 2.04. The lowest BCUT2D eigenvalue weighted by atomic mass is 10.2. The van der Waals surface area contributed by atoms with Gasteiger partial charge in [-0.25, -0.2) is 10.2 Å². The van der Waals surface area contributed by atoms with E-state index >= 15 is 0 Å². The third-order valence-electron chi connectivity index (χ3n) is 3.27. The van der Waals surface area contributed by atoms with Gasteiger partial charge in [0.25, 0.3) is 0 Å². The summed E-state index contributed by atoms with van der Waals surface area (Å²) in [5.74, 6) is 0. The van der Waals surface area contributed by atoms with Crippen molar-refractivity contribution in [1.82, 2.24) is 5.43 Å². The third kappa shape index (κ3) is 2.80. The molecule has 7 nitrogen and oxygen atoms in total. The van der Waals surface area contributed by atoms with Crippen LogP contribution in [-0.4, -0.2) is 11.2 Å². The van der Waals surface area contributed by atoms with Crippen LogP contribution in [0.1, 0.15) is 0 Å². The van der Waals surface area contributed by atoms with Crippen molar-refractivity contribution in [3.05, 3.63) is 75.5 Å². The molecule has 0 aliphatic rings. The zero-order chi connectivity index (χ0) is 16.2. The predicted molar refractivity (Wildman–Crippen MR) is 84.1 cm³/mol. The first kappa shape index (κ1) is 14.5. The Morgan fingerprint density at radius 3 is 2.26 bits per heavy atom. The average Bonchev–Trinajstić information content (AvgIpc) is 2.86. The first-order valence-corrected chi connectivity index (χ1v) is 6.77. The maximum atomic E-state index is 12.2. The van der Waals surface area contributed by atoms with E-state index in [2.05, 4.69) is 21.0 Å². The highest BCUT2D eigenvalue weighted by atomic mass is 16.4. The van der Waals surface area contributed by atoms with Crippen LogP contribution in [-0.2, 0) is 0 Å². The molecule has 2 amide bonds. The molecule has 3 aromatic carbocycles. The summed E-state index contributed by atoms with van der Waals surface area (Å²) < 4.78 is 0. The van der Waals surface area contributed by atoms with Crippen LogP contribution in [0.5, 0.6) is 0 Å². The van der Waals surface area contributed by atoms with E-state index in [1.54, 1.807) is 48.5 Å². The molecule has 0 saturated heterocycles. The quantitative estimate of drug-likeness (QED) is 0.486. The number of hydrogen-bond acceptors (Lipinski definition) is 5. The van der Waals surface area contributed by atoms with Gasteiger partial charge in [-0.1, -0.05) is 47.6 Å². The Kier molecular flexibility index (Phi) is 3.84. The van der Waals surface area contributed by atoms with Gasteiger partial charge in [-0.3, -0.25) is 4.79 Å². The number of anilines is 1. The fourth-order valence-electron chi connectivity index (χ4n) is 2.24. The number of hydrogen-bond donors (Lipinski definition) is 3. The number of benzene rings is 2. The molecule has 3 rings (SSSR count). The maximum absolute atomic E-state index is 12.2. The molecule has 0 bridgehead atoms. The van der Waals surface area contributed by atoms with Crippen LogP contribution >= 0.6 is 0 Å². The molecule has 23 heavy (non-hydrogen) atoms. The second-order valence-corrected chi connectivity index (χ2v) is 4.72. The molecular weight excluding hydrogens is 296 g/mol. The van der Waals surface area contributed by atoms with E-state index in [1.165, 1.54) is 0 Å². The summed E-state index contributed by atoms with van der Waals surface area (Å²) in [5, 5.41) is 19.4. The van der Waals surface area contributed by atoms with Crippen molar-refractivity contribution in [2.45, 2.75) is 0 Å². The van der Waals surface area contributed by atoms with Gasteiger partial charge in [0.15, 0.2) is 5.36 Å². The van der Waals surface area contributed by atoms with Gasteiger partial charge in [0.1, 0.15) is 5.36 Å². The molecule has 3 N–H and O–H groups in total. The van der Waals surface area contributed by atoms with Crippen LogP contribution in [0.2, 0.25) is 0 Å². The predicted octanol–water partition coefficient (Wildman–Crippen LogP) is 1.00. The summed E-state index contributed by atoms with van der Waals surface area (Å²) in [4.78, 5) is 24.0. The number of carbonyl (C=O) groups excluding carboxylic acids is 1. The van der Waals surface area contributed by atoms with E-state index in [1.807, 2.05) is 6.07 Å². The molecule has 3 aromatic rings. The average molecular weight is 308 g/mol. The van der Waals surface area contributed by atoms with E-state index in [4.69, 9.17) is 5.21 Å². The van der Waals surface area contributed by atoms with Gasteiger partial charge < -0.3 is 10.5 Å². The van der Waals surface area contributed by atoms with Crippen molar-refractivity contribution >= 4 is 22.5 Å². The Balaban J connectivity index is 1.94. The van der Waals surface area contributed by atoms with Gasteiger partial charge in [0, 0.05) is 16.5 Å². The van der Waals surface area contributed by atoms with Crippen LogP contribution in [0.4, 0.5) is 10.5 Å². The fraction of sp³-hybridized carbons (Fsp3) is 0. The van der Waals surface area contributed by atoms with Crippen molar-refractivity contribution in [1.29, 1.82) is 0 Å². The summed E-state index contributed by atoms with van der Waals surface area (Å²) in [6.07, 6.45) is 0. The van der Waals surface area contributed by atoms with Crippen molar-refractivity contribution < 1.29 is 10.0 Å². The van der Waals surface area contributed by atoms with E-state index in [0.29, 0.717) is 16.5 Å². The van der Waals surface area contributed by atoms with Crippen LogP contribution in [0.15, 0.2) is 69.6 Å². The topological polar surface area (TPSA) is 103 Å². The molecule has 0 heterocycles. The normalized spacial score (nSPS) is 12.5. The van der Waals surface area contributed by atoms with E-state index in [0.717, 1.165) is 0 Å². The van der Waals surface area contributed by atoms with Gasteiger partial charge in [-0.05, 0) is 12.1 Å². The van der Waals surface area contributed by atoms with Gasteiger partial charge in [-0.15, -0.1) is 0 Å². The maximum Gasteiger partial charge on any atom is 0.339 e. The molecule has 114 valence electrons. The number of rotatable bonds is 2. The molecule has 0 unspecified atom stereocenters. The van der Waals surface area contributed by atoms with Crippen LogP contribution in [0.3, 0.4) is 0 Å². The molecule has 0 atom stereocenters. The van der Waals surface area contributed by atoms with E-state index in [-0.39, 0.29) is 10.7 Å². The summed E-state index contributed by atoms with van der Waals surface area (Å²) in [6, 6.07) is 14.9. The Labute approximate surface area is 129 Å². The summed E-state index contributed by atoms with van der Waals surface area (Å²) >= 11 is 0. The monoisotopic (exact) mass is 308 g/mol. The Bertz CT molecular complexity index is 1020. The molecule has 0 spiro atoms. The molecule has 0 aromatic heterocycles. The second kappa shape index (κ2) is 6.10. The zero-order valence-electron chi connectivity index (χ0n) is 11.9. The van der Waals surface area contributed by atoms with Crippen LogP contribution in [0.25, 0.3) is 10.8 Å². The Hall–Kier alpha value is -3.48. The number of carbonyl (C=O) groups is 1. The minimum Gasteiger partial charge on any atom is -0.410 e. The lowest BCUT2D eigenvalue weighted by Gasteiger charge is -2.02. The van der Waals surface area contributed by atoms with Gasteiger partial charge >= 0.3 is 6.03 Å². The molecular formula is C16H12N4O3. The second-order valence-electron chi connectivity index (χ2n) is 4.72. The summed E-state index contributed by atoms with van der Waals surface area (Å²) in [6.45, 7) is 0. The molecule has 0 fully saturated rings. The summed E-state index contributed by atoms with van der Waals surface area (Å²) in [7, 11) is 0. The largest absolute Gasteiger partial charge is 0.410 e. The summed E-state index contributed by atoms with van der Waals surface area (Å²) in [5.41, 5.74) is 2.40. The van der Waals surface area contributed by atoms with Gasteiger partial charge in [-0.2, -0.15) is 5.10 Å². The van der Waals surface area contributed by atoms with E-state index in [9.17, 15) is 9.59 Å². The molecule has 0 radical (unpaired) electrons. The molecule has 0 saturated carbocycles. The standard InChI is InChI=1S/C16H12N4O3/c21-15-12-9-5-4-8-11(12)13(20-23)14(15)18-19-16(22)17-10-6-2-1-3-7-10/h1-9,23H,(H2,17,19,22)/b18-14+,20-13+. The number of urea groups is 1. The number of fused-ring (bicyclic) bond motifs is 1. The number of nitrogens with one attached hydrogen (secondary N) is 2. The van der Waals surface area contributed by atoms with Crippen molar-refractivity contribution in [2.75, 3.05) is 5.32 Å². The van der Waals surface area contributed by atoms with Crippen LogP contribution < -0.4 is 26.9 Å². The Morgan fingerprint density at radius 1 is 0.913 bits per heavy atom. The first-order valence-electron chi connectivity index (χ1n) is 6.77. The SMILES string of the molecule is O=C(N/N=c1/c(=O)c2ccccc2/c1=N\O)Nc1ccccc1. The minimum atomic E-state index is -0.607. The highest BCUT2D eigenvalue weighted by Gasteiger charge is 2.09. The third-order valence-corrected chi connectivity index (χ3v) is 3.27. The lowest BCUT2D eigenvalue weighted by Crippen LogP contribution is -2.37. The van der Waals surface area contributed by atoms with Crippen molar-refractivity contribution in [3.63, 3.8) is 0 Å². The number of nitrogens with zero attached hydrogens (tertiary/aromatic N) is 2. The van der Waals surface area contributed by atoms with Crippen molar-refractivity contribution in [3.8, 4) is 0 Å². The van der Waals surface area contributed by atoms with Gasteiger partial charge in [0.2, 0.25) is 5.43 Å². The fourth-order valence-corrected chi connectivity index (χ4v) is 2.24. The van der Waals surface area contributed by atoms with E-state index < -0.39 is 11.5 Å². The first-order chi connectivity index (χ1) is 11.2. The highest BCUT2D eigenvalue weighted by molar-refractivity contribution is 5.89. The molecule has 0 aliphatic heterocycles. The lowest BCUT2D eigenvalue weighted by molar-refractivity contribution is 0.252. The molecule has 0 aliphatic carbocycles. The van der Waals surface area contributed by atoms with Gasteiger partial charge in [0.05, 0.1) is 0 Å². The zero-order valence-corrected chi connectivity index (χ0v) is 11.9.